The highest BCUT2D eigenvalue weighted by Crippen LogP contribution is 2.25. The molecule has 0 saturated carbocycles. The van der Waals surface area contributed by atoms with Crippen LogP contribution in [0, 0.1) is 17.5 Å². The monoisotopic (exact) mass is 226 g/mol. The number of benzene rings is 1. The molecule has 5 heteroatoms. The van der Waals surface area contributed by atoms with Crippen molar-refractivity contribution in [1.82, 2.24) is 10.2 Å². The fourth-order valence-corrected chi connectivity index (χ4v) is 1.46. The zero-order chi connectivity index (χ0) is 11.7. The number of nitrogens with zero attached hydrogens (tertiary/aromatic N) is 1. The Morgan fingerprint density at radius 3 is 2.25 bits per heavy atom. The number of nitrogens with one attached hydrogen (secondary N) is 1. The van der Waals surface area contributed by atoms with Crippen LogP contribution in [0.2, 0.25) is 0 Å². The molecule has 16 heavy (non-hydrogen) atoms. The van der Waals surface area contributed by atoms with E-state index in [9.17, 15) is 13.2 Å². The van der Waals surface area contributed by atoms with E-state index in [0.29, 0.717) is 18.6 Å². The van der Waals surface area contributed by atoms with Gasteiger partial charge < -0.3 is 0 Å². The van der Waals surface area contributed by atoms with Crippen molar-refractivity contribution in [3.05, 3.63) is 41.3 Å². The fraction of sp³-hybridized carbons (Fsp3) is 0.182. The van der Waals surface area contributed by atoms with Crippen LogP contribution < -0.4 is 0 Å². The van der Waals surface area contributed by atoms with E-state index < -0.39 is 17.5 Å². The summed E-state index contributed by atoms with van der Waals surface area (Å²) in [4.78, 5) is 0. The number of aromatic amines is 1. The van der Waals surface area contributed by atoms with Crippen molar-refractivity contribution >= 4 is 0 Å². The molecule has 1 N–H and O–H groups in total. The third kappa shape index (κ3) is 1.80. The molecule has 0 saturated heterocycles. The SMILES string of the molecule is CCc1cc(-c2c(F)cc(F)cc2F)n[nH]1. The standard InChI is InChI=1S/C11H9F3N2/c1-2-7-5-10(16-15-7)11-8(13)3-6(12)4-9(11)14/h3-5H,2H2,1H3,(H,15,16). The molecule has 2 aromatic rings. The Morgan fingerprint density at radius 2 is 1.75 bits per heavy atom. The maximum atomic E-state index is 13.4. The average Bonchev–Trinajstić information content (AvgIpc) is 2.64. The van der Waals surface area contributed by atoms with Crippen molar-refractivity contribution in [3.8, 4) is 11.3 Å². The number of aryl methyl sites for hydroxylation is 1. The second-order valence-corrected chi connectivity index (χ2v) is 3.38. The van der Waals surface area contributed by atoms with E-state index in [1.54, 1.807) is 6.07 Å². The van der Waals surface area contributed by atoms with Crippen molar-refractivity contribution < 1.29 is 13.2 Å². The lowest BCUT2D eigenvalue weighted by Crippen LogP contribution is -1.92. The number of rotatable bonds is 2. The lowest BCUT2D eigenvalue weighted by molar-refractivity contribution is 0.547. The van der Waals surface area contributed by atoms with E-state index in [1.165, 1.54) is 0 Å². The molecule has 0 aliphatic heterocycles. The van der Waals surface area contributed by atoms with Gasteiger partial charge in [-0.2, -0.15) is 5.10 Å². The molecule has 0 radical (unpaired) electrons. The van der Waals surface area contributed by atoms with Crippen LogP contribution in [-0.4, -0.2) is 10.2 Å². The molecule has 0 fully saturated rings. The first-order chi connectivity index (χ1) is 7.61. The van der Waals surface area contributed by atoms with E-state index in [-0.39, 0.29) is 11.3 Å². The van der Waals surface area contributed by atoms with Gasteiger partial charge in [-0.25, -0.2) is 13.2 Å². The Balaban J connectivity index is 2.55. The second kappa shape index (κ2) is 4.00. The van der Waals surface area contributed by atoms with Gasteiger partial charge in [-0.05, 0) is 12.5 Å². The summed E-state index contributed by atoms with van der Waals surface area (Å²) in [6.45, 7) is 1.88. The lowest BCUT2D eigenvalue weighted by atomic mass is 10.1. The normalized spacial score (nSPS) is 10.8. The first kappa shape index (κ1) is 10.7. The van der Waals surface area contributed by atoms with Gasteiger partial charge in [0.15, 0.2) is 0 Å². The summed E-state index contributed by atoms with van der Waals surface area (Å²) >= 11 is 0. The lowest BCUT2D eigenvalue weighted by Gasteiger charge is -2.01. The van der Waals surface area contributed by atoms with Crippen molar-refractivity contribution in [2.24, 2.45) is 0 Å². The molecule has 84 valence electrons. The summed E-state index contributed by atoms with van der Waals surface area (Å²) in [6.07, 6.45) is 0.678. The molecule has 1 heterocycles. The summed E-state index contributed by atoms with van der Waals surface area (Å²) in [6, 6.07) is 2.82. The molecule has 0 atom stereocenters. The highest BCUT2D eigenvalue weighted by atomic mass is 19.1. The van der Waals surface area contributed by atoms with E-state index in [4.69, 9.17) is 0 Å². The number of hydrogen-bond donors (Lipinski definition) is 1. The Bertz CT molecular complexity index is 497. The maximum Gasteiger partial charge on any atom is 0.138 e. The molecule has 2 nitrogen and oxygen atoms in total. The van der Waals surface area contributed by atoms with Crippen LogP contribution in [0.3, 0.4) is 0 Å². The third-order valence-electron chi connectivity index (χ3n) is 2.27. The van der Waals surface area contributed by atoms with E-state index in [2.05, 4.69) is 10.2 Å². The van der Waals surface area contributed by atoms with Gasteiger partial charge in [-0.3, -0.25) is 5.10 Å². The van der Waals surface area contributed by atoms with Crippen LogP contribution in [0.25, 0.3) is 11.3 Å². The van der Waals surface area contributed by atoms with Gasteiger partial charge in [0.25, 0.3) is 0 Å². The summed E-state index contributed by atoms with van der Waals surface area (Å²) in [5, 5.41) is 6.43. The molecule has 1 aromatic heterocycles. The fourth-order valence-electron chi connectivity index (χ4n) is 1.46. The minimum atomic E-state index is -0.952. The first-order valence-corrected chi connectivity index (χ1v) is 4.81. The van der Waals surface area contributed by atoms with Crippen LogP contribution in [0.15, 0.2) is 18.2 Å². The Morgan fingerprint density at radius 1 is 1.12 bits per heavy atom. The van der Waals surface area contributed by atoms with Crippen LogP contribution in [0.5, 0.6) is 0 Å². The number of aromatic nitrogens is 2. The maximum absolute atomic E-state index is 13.4. The molecule has 0 aliphatic rings. The van der Waals surface area contributed by atoms with Crippen molar-refractivity contribution in [2.75, 3.05) is 0 Å². The zero-order valence-electron chi connectivity index (χ0n) is 8.52. The molecule has 2 rings (SSSR count). The molecular weight excluding hydrogens is 217 g/mol. The van der Waals surface area contributed by atoms with Gasteiger partial charge >= 0.3 is 0 Å². The van der Waals surface area contributed by atoms with Crippen LogP contribution in [0.1, 0.15) is 12.6 Å². The second-order valence-electron chi connectivity index (χ2n) is 3.38. The zero-order valence-corrected chi connectivity index (χ0v) is 8.52. The van der Waals surface area contributed by atoms with E-state index in [0.717, 1.165) is 5.69 Å². The minimum Gasteiger partial charge on any atom is -0.282 e. The molecule has 0 bridgehead atoms. The van der Waals surface area contributed by atoms with Crippen molar-refractivity contribution in [2.45, 2.75) is 13.3 Å². The summed E-state index contributed by atoms with van der Waals surface area (Å²) in [5.74, 6) is -2.84. The summed E-state index contributed by atoms with van der Waals surface area (Å²) in [5.41, 5.74) is 0.599. The highest BCUT2D eigenvalue weighted by Gasteiger charge is 2.15. The first-order valence-electron chi connectivity index (χ1n) is 4.81. The predicted molar refractivity (Wildman–Crippen MR) is 53.3 cm³/mol. The summed E-state index contributed by atoms with van der Waals surface area (Å²) < 4.78 is 39.4. The molecule has 0 unspecified atom stereocenters. The number of halogens is 3. The van der Waals surface area contributed by atoms with Crippen LogP contribution >= 0.6 is 0 Å². The Hall–Kier alpha value is -1.78. The van der Waals surface area contributed by atoms with Gasteiger partial charge in [0.1, 0.15) is 17.5 Å². The predicted octanol–water partition coefficient (Wildman–Crippen LogP) is 3.06. The summed E-state index contributed by atoms with van der Waals surface area (Å²) in [7, 11) is 0. The Kier molecular flexibility index (Phi) is 2.68. The van der Waals surface area contributed by atoms with Gasteiger partial charge in [0, 0.05) is 17.8 Å². The number of hydrogen-bond acceptors (Lipinski definition) is 1. The smallest absolute Gasteiger partial charge is 0.138 e. The largest absolute Gasteiger partial charge is 0.282 e. The van der Waals surface area contributed by atoms with Crippen LogP contribution in [0.4, 0.5) is 13.2 Å². The Labute approximate surface area is 90.1 Å². The third-order valence-corrected chi connectivity index (χ3v) is 2.27. The van der Waals surface area contributed by atoms with Gasteiger partial charge in [0.2, 0.25) is 0 Å². The molecule has 0 amide bonds. The number of H-pyrrole nitrogens is 1. The topological polar surface area (TPSA) is 28.7 Å². The molecule has 0 aliphatic carbocycles. The highest BCUT2D eigenvalue weighted by molar-refractivity contribution is 5.61. The molecule has 1 aromatic carbocycles. The molecule has 0 spiro atoms. The molecular formula is C11H9F3N2. The minimum absolute atomic E-state index is 0.145. The van der Waals surface area contributed by atoms with Crippen molar-refractivity contribution in [3.63, 3.8) is 0 Å². The van der Waals surface area contributed by atoms with E-state index >= 15 is 0 Å². The van der Waals surface area contributed by atoms with Crippen LogP contribution in [-0.2, 0) is 6.42 Å². The van der Waals surface area contributed by atoms with Gasteiger partial charge in [0.05, 0.1) is 11.3 Å². The van der Waals surface area contributed by atoms with Gasteiger partial charge in [-0.15, -0.1) is 0 Å². The van der Waals surface area contributed by atoms with Crippen molar-refractivity contribution in [1.29, 1.82) is 0 Å². The van der Waals surface area contributed by atoms with Gasteiger partial charge in [-0.1, -0.05) is 6.92 Å². The van der Waals surface area contributed by atoms with E-state index in [1.807, 2.05) is 6.92 Å². The average molecular weight is 226 g/mol. The quantitative estimate of drug-likeness (QED) is 0.837.